The van der Waals surface area contributed by atoms with Gasteiger partial charge in [-0.2, -0.15) is 0 Å². The molecule has 14 heavy (non-hydrogen) atoms. The van der Waals surface area contributed by atoms with Crippen molar-refractivity contribution in [1.82, 2.24) is 0 Å². The van der Waals surface area contributed by atoms with Crippen LogP contribution in [0.5, 0.6) is 0 Å². The van der Waals surface area contributed by atoms with E-state index < -0.39 is 12.6 Å². The number of allylic oxidation sites excluding steroid dienone is 2. The molecule has 0 bridgehead atoms. The van der Waals surface area contributed by atoms with E-state index in [1.807, 2.05) is 0 Å². The molecule has 0 unspecified atom stereocenters. The molecule has 0 spiro atoms. The van der Waals surface area contributed by atoms with Gasteiger partial charge in [-0.15, -0.1) is 0 Å². The molecule has 1 nitrogen and oxygen atoms in total. The van der Waals surface area contributed by atoms with Crippen LogP contribution < -0.4 is 26.9 Å². The molecule has 0 aromatic rings. The number of halogens is 4. The molecule has 0 aliphatic rings. The first-order chi connectivity index (χ1) is 6.35. The van der Waals surface area contributed by atoms with Gasteiger partial charge in [-0.05, 0) is 0 Å². The van der Waals surface area contributed by atoms with E-state index in [9.17, 15) is 13.2 Å². The van der Waals surface area contributed by atoms with E-state index in [0.29, 0.717) is 6.42 Å². The zero-order valence-corrected chi connectivity index (χ0v) is 10.5. The SMILES string of the molecule is C[I-]C/C(N)=C\C[C@@H](C)CC(F)(F)F. The Morgan fingerprint density at radius 2 is 2.07 bits per heavy atom. The molecule has 0 amide bonds. The van der Waals surface area contributed by atoms with Gasteiger partial charge in [0.25, 0.3) is 0 Å². The average Bonchev–Trinajstić information content (AvgIpc) is 1.98. The molecule has 0 aliphatic carbocycles. The van der Waals surface area contributed by atoms with Crippen LogP contribution in [0.15, 0.2) is 11.8 Å². The van der Waals surface area contributed by atoms with Crippen LogP contribution in [-0.2, 0) is 0 Å². The van der Waals surface area contributed by atoms with Gasteiger partial charge in [0.2, 0.25) is 0 Å². The third-order valence-corrected chi connectivity index (χ3v) is 3.29. The standard InChI is InChI=1S/C9H16F3IN/c1-7(5-9(10,11)12)3-4-8(14)6-13-2/h4,7H,3,5-6,14H2,1-2H3/q-1/b8-4+/t7-/m1/s1. The summed E-state index contributed by atoms with van der Waals surface area (Å²) in [6, 6.07) is 0. The summed E-state index contributed by atoms with van der Waals surface area (Å²) in [5, 5.41) is 0. The van der Waals surface area contributed by atoms with Crippen LogP contribution in [0.2, 0.25) is 0 Å². The Balaban J connectivity index is 3.84. The Morgan fingerprint density at radius 3 is 2.50 bits per heavy atom. The quantitative estimate of drug-likeness (QED) is 0.537. The molecule has 0 radical (unpaired) electrons. The van der Waals surface area contributed by atoms with Gasteiger partial charge in [0.05, 0.1) is 0 Å². The Bertz CT molecular complexity index is 189. The van der Waals surface area contributed by atoms with Crippen molar-refractivity contribution < 1.29 is 34.4 Å². The molecule has 0 heterocycles. The van der Waals surface area contributed by atoms with Crippen LogP contribution in [0.25, 0.3) is 0 Å². The first-order valence-corrected chi connectivity index (χ1v) is 7.98. The van der Waals surface area contributed by atoms with Crippen LogP contribution >= 0.6 is 0 Å². The molecule has 0 fully saturated rings. The van der Waals surface area contributed by atoms with Crippen molar-refractivity contribution in [2.45, 2.75) is 25.9 Å². The first kappa shape index (κ1) is 14.1. The number of alkyl halides is 5. The molecule has 0 saturated carbocycles. The normalized spacial score (nSPS) is 15.9. The third kappa shape index (κ3) is 8.65. The van der Waals surface area contributed by atoms with Crippen LogP contribution in [0, 0.1) is 5.92 Å². The predicted molar refractivity (Wildman–Crippen MR) is 47.5 cm³/mol. The summed E-state index contributed by atoms with van der Waals surface area (Å²) in [6.45, 7) is 1.60. The van der Waals surface area contributed by atoms with E-state index in [-0.39, 0.29) is 27.1 Å². The predicted octanol–water partition coefficient (Wildman–Crippen LogP) is -0.474. The molecule has 0 saturated heterocycles. The molecular weight excluding hydrogens is 306 g/mol. The fourth-order valence-electron chi connectivity index (χ4n) is 1.04. The van der Waals surface area contributed by atoms with Crippen molar-refractivity contribution in [3.63, 3.8) is 0 Å². The van der Waals surface area contributed by atoms with Gasteiger partial charge >= 0.3 is 93.1 Å². The maximum absolute atomic E-state index is 11.9. The summed E-state index contributed by atoms with van der Waals surface area (Å²) < 4.78 is 36.7. The van der Waals surface area contributed by atoms with E-state index in [1.165, 1.54) is 0 Å². The van der Waals surface area contributed by atoms with E-state index in [2.05, 4.69) is 4.93 Å². The molecular formula is C9H16F3IN-. The van der Waals surface area contributed by atoms with Crippen LogP contribution in [0.1, 0.15) is 19.8 Å². The van der Waals surface area contributed by atoms with Crippen molar-refractivity contribution >= 4 is 0 Å². The summed E-state index contributed by atoms with van der Waals surface area (Å²) in [5.74, 6) is -0.372. The van der Waals surface area contributed by atoms with Crippen molar-refractivity contribution in [3.8, 4) is 0 Å². The minimum absolute atomic E-state index is 0.0917. The van der Waals surface area contributed by atoms with Gasteiger partial charge < -0.3 is 0 Å². The Morgan fingerprint density at radius 1 is 1.50 bits per heavy atom. The summed E-state index contributed by atoms with van der Waals surface area (Å²) in [4.78, 5) is 2.10. The summed E-state index contributed by atoms with van der Waals surface area (Å²) >= 11 is 0.0917. The van der Waals surface area contributed by atoms with Crippen LogP contribution in [-0.4, -0.2) is 15.5 Å². The number of hydrogen-bond donors (Lipinski definition) is 1. The molecule has 1 atom stereocenters. The minimum atomic E-state index is -4.06. The monoisotopic (exact) mass is 322 g/mol. The molecule has 86 valence electrons. The summed E-state index contributed by atoms with van der Waals surface area (Å²) in [5.41, 5.74) is 6.35. The molecule has 0 rings (SSSR count). The Labute approximate surface area is 93.2 Å². The van der Waals surface area contributed by atoms with Gasteiger partial charge in [0, 0.05) is 0 Å². The van der Waals surface area contributed by atoms with Crippen molar-refractivity contribution in [3.05, 3.63) is 11.8 Å². The Hall–Kier alpha value is 0.0600. The van der Waals surface area contributed by atoms with E-state index in [4.69, 9.17) is 5.73 Å². The molecule has 0 aromatic heterocycles. The third-order valence-electron chi connectivity index (χ3n) is 1.65. The van der Waals surface area contributed by atoms with Gasteiger partial charge in [-0.25, -0.2) is 0 Å². The van der Waals surface area contributed by atoms with Crippen molar-refractivity contribution in [1.29, 1.82) is 0 Å². The molecule has 0 aromatic carbocycles. The van der Waals surface area contributed by atoms with Gasteiger partial charge in [-0.1, -0.05) is 0 Å². The fraction of sp³-hybridized carbons (Fsp3) is 0.778. The topological polar surface area (TPSA) is 26.0 Å². The van der Waals surface area contributed by atoms with Crippen LogP contribution in [0.3, 0.4) is 0 Å². The van der Waals surface area contributed by atoms with Gasteiger partial charge in [0.15, 0.2) is 0 Å². The number of hydrogen-bond acceptors (Lipinski definition) is 1. The van der Waals surface area contributed by atoms with E-state index >= 15 is 0 Å². The van der Waals surface area contributed by atoms with Crippen LogP contribution in [0.4, 0.5) is 13.2 Å². The number of nitrogens with two attached hydrogens (primary N) is 1. The van der Waals surface area contributed by atoms with E-state index in [1.54, 1.807) is 13.0 Å². The van der Waals surface area contributed by atoms with Crippen molar-refractivity contribution in [2.24, 2.45) is 11.7 Å². The van der Waals surface area contributed by atoms with Gasteiger partial charge in [0.1, 0.15) is 0 Å². The zero-order chi connectivity index (χ0) is 11.2. The zero-order valence-electron chi connectivity index (χ0n) is 8.37. The Kier molecular flexibility index (Phi) is 6.55. The maximum atomic E-state index is 11.9. The van der Waals surface area contributed by atoms with Crippen molar-refractivity contribution in [2.75, 3.05) is 9.36 Å². The summed E-state index contributed by atoms with van der Waals surface area (Å²) in [6.07, 6.45) is -2.62. The number of rotatable bonds is 5. The summed E-state index contributed by atoms with van der Waals surface area (Å²) in [7, 11) is 0. The molecule has 5 heteroatoms. The second-order valence-electron chi connectivity index (χ2n) is 3.34. The average molecular weight is 322 g/mol. The molecule has 0 aliphatic heterocycles. The second-order valence-corrected chi connectivity index (χ2v) is 5.63. The van der Waals surface area contributed by atoms with E-state index in [0.717, 1.165) is 10.1 Å². The fourth-order valence-corrected chi connectivity index (χ4v) is 2.23. The second kappa shape index (κ2) is 6.53. The van der Waals surface area contributed by atoms with Gasteiger partial charge in [-0.3, -0.25) is 0 Å². The first-order valence-electron chi connectivity index (χ1n) is 4.30. The molecule has 2 N–H and O–H groups in total.